The summed E-state index contributed by atoms with van der Waals surface area (Å²) in [4.78, 5) is 25.1. The number of aryl methyl sites for hydroxylation is 1. The number of rotatable bonds is 4. The molecule has 0 unspecified atom stereocenters. The van der Waals surface area contributed by atoms with Gasteiger partial charge in [-0.25, -0.2) is 4.79 Å². The zero-order valence-corrected chi connectivity index (χ0v) is 18.0. The molecule has 1 fully saturated rings. The lowest BCUT2D eigenvalue weighted by atomic mass is 10.1. The highest BCUT2D eigenvalue weighted by Crippen LogP contribution is 2.27. The van der Waals surface area contributed by atoms with Gasteiger partial charge in [0, 0.05) is 37.4 Å². The van der Waals surface area contributed by atoms with Gasteiger partial charge in [0.1, 0.15) is 5.75 Å². The van der Waals surface area contributed by atoms with Gasteiger partial charge in [-0.15, -0.1) is 13.2 Å². The van der Waals surface area contributed by atoms with E-state index in [9.17, 15) is 18.0 Å². The summed E-state index contributed by atoms with van der Waals surface area (Å²) in [7, 11) is 0. The first-order chi connectivity index (χ1) is 15.6. The van der Waals surface area contributed by atoms with E-state index in [2.05, 4.69) is 30.0 Å². The Morgan fingerprint density at radius 3 is 2.76 bits per heavy atom. The number of fused-ring (bicyclic) bond motifs is 1. The molecule has 0 saturated carbocycles. The van der Waals surface area contributed by atoms with Gasteiger partial charge in [-0.2, -0.15) is 19.6 Å². The van der Waals surface area contributed by atoms with Crippen molar-refractivity contribution in [2.24, 2.45) is 0 Å². The average molecular weight is 464 g/mol. The lowest BCUT2D eigenvalue weighted by Gasteiger charge is -2.41. The van der Waals surface area contributed by atoms with Gasteiger partial charge in [0.05, 0.1) is 6.20 Å². The average Bonchev–Trinajstić information content (AvgIpc) is 3.22. The molecule has 2 amide bonds. The Labute approximate surface area is 187 Å². The summed E-state index contributed by atoms with van der Waals surface area (Å²) in [5.41, 5.74) is 7.31. The number of piperazine rings is 1. The van der Waals surface area contributed by atoms with E-state index in [0.29, 0.717) is 42.5 Å². The number of nitrogens with one attached hydrogen (secondary N) is 1. The number of nitrogens with zero attached hydrogens (tertiary/aromatic N) is 6. The van der Waals surface area contributed by atoms with Crippen molar-refractivity contribution in [2.75, 3.05) is 35.6 Å². The van der Waals surface area contributed by atoms with E-state index in [-0.39, 0.29) is 23.8 Å². The third-order valence-corrected chi connectivity index (χ3v) is 5.43. The van der Waals surface area contributed by atoms with Crippen LogP contribution in [0.15, 0.2) is 30.5 Å². The molecule has 2 aromatic heterocycles. The van der Waals surface area contributed by atoms with E-state index in [4.69, 9.17) is 5.73 Å². The van der Waals surface area contributed by atoms with Crippen LogP contribution in [0.2, 0.25) is 0 Å². The van der Waals surface area contributed by atoms with Crippen LogP contribution < -0.4 is 20.7 Å². The van der Waals surface area contributed by atoms with E-state index in [1.165, 1.54) is 12.1 Å². The summed E-state index contributed by atoms with van der Waals surface area (Å²) < 4.78 is 42.8. The number of hydrogen-bond acceptors (Lipinski definition) is 7. The molecule has 176 valence electrons. The molecule has 0 bridgehead atoms. The van der Waals surface area contributed by atoms with Gasteiger partial charge in [-0.05, 0) is 37.1 Å². The number of urea groups is 1. The van der Waals surface area contributed by atoms with E-state index < -0.39 is 6.36 Å². The van der Waals surface area contributed by atoms with Crippen LogP contribution in [0.4, 0.5) is 35.5 Å². The SMILES string of the molecule is CC[C@H]1CN(C(=O)Nc2ccc(OC(F)(F)F)cc2C)CCN1c1nc(N)nc2ccnn12. The second-order valence-electron chi connectivity index (χ2n) is 7.64. The van der Waals surface area contributed by atoms with E-state index in [1.807, 2.05) is 6.92 Å². The molecule has 1 aliphatic heterocycles. The topological polar surface area (TPSA) is 114 Å². The van der Waals surface area contributed by atoms with Crippen LogP contribution in [0.3, 0.4) is 0 Å². The fraction of sp³-hybridized carbons (Fsp3) is 0.400. The van der Waals surface area contributed by atoms with Crippen LogP contribution in [0, 0.1) is 6.92 Å². The number of halogens is 3. The first-order valence-electron chi connectivity index (χ1n) is 10.3. The number of alkyl halides is 3. The van der Waals surface area contributed by atoms with Crippen molar-refractivity contribution in [3.8, 4) is 5.75 Å². The summed E-state index contributed by atoms with van der Waals surface area (Å²) in [6, 6.07) is 5.13. The van der Waals surface area contributed by atoms with Crippen LogP contribution in [-0.2, 0) is 0 Å². The fourth-order valence-electron chi connectivity index (χ4n) is 3.83. The van der Waals surface area contributed by atoms with Crippen molar-refractivity contribution in [1.29, 1.82) is 0 Å². The molecule has 1 aliphatic rings. The number of benzene rings is 1. The molecule has 1 saturated heterocycles. The minimum Gasteiger partial charge on any atom is -0.406 e. The maximum Gasteiger partial charge on any atom is 0.573 e. The number of carbonyl (C=O) groups is 1. The number of anilines is 3. The van der Waals surface area contributed by atoms with Crippen LogP contribution in [0.5, 0.6) is 5.75 Å². The van der Waals surface area contributed by atoms with E-state index in [0.717, 1.165) is 12.5 Å². The van der Waals surface area contributed by atoms with Gasteiger partial charge in [0.15, 0.2) is 5.65 Å². The summed E-state index contributed by atoms with van der Waals surface area (Å²) >= 11 is 0. The van der Waals surface area contributed by atoms with Crippen molar-refractivity contribution in [1.82, 2.24) is 24.5 Å². The lowest BCUT2D eigenvalue weighted by molar-refractivity contribution is -0.274. The van der Waals surface area contributed by atoms with Crippen LogP contribution >= 0.6 is 0 Å². The number of aromatic nitrogens is 4. The second-order valence-corrected chi connectivity index (χ2v) is 7.64. The number of nitrogen functional groups attached to an aromatic ring is 1. The Morgan fingerprint density at radius 2 is 2.06 bits per heavy atom. The minimum atomic E-state index is -4.78. The van der Waals surface area contributed by atoms with Crippen molar-refractivity contribution >= 4 is 29.3 Å². The Bertz CT molecular complexity index is 1170. The molecule has 0 spiro atoms. The van der Waals surface area contributed by atoms with Gasteiger partial charge in [0.2, 0.25) is 11.9 Å². The third-order valence-electron chi connectivity index (χ3n) is 5.43. The predicted molar refractivity (Wildman–Crippen MR) is 115 cm³/mol. The highest BCUT2D eigenvalue weighted by Gasteiger charge is 2.32. The standard InChI is InChI=1S/C20H23F3N8O2/c1-3-13-11-29(8-9-30(13)18-28-17(24)27-16-6-7-25-31(16)18)19(32)26-15-5-4-14(10-12(15)2)33-20(21,22)23/h4-7,10,13H,3,8-9,11H2,1-2H3,(H2,24,27)(H,26,32)/t13-/m0/s1. The Morgan fingerprint density at radius 1 is 1.27 bits per heavy atom. The van der Waals surface area contributed by atoms with Gasteiger partial charge in [-0.3, -0.25) is 0 Å². The number of carbonyl (C=O) groups excluding carboxylic acids is 1. The molecule has 10 nitrogen and oxygen atoms in total. The molecule has 1 atom stereocenters. The van der Waals surface area contributed by atoms with Crippen LogP contribution in [-0.4, -0.2) is 62.6 Å². The highest BCUT2D eigenvalue weighted by molar-refractivity contribution is 5.90. The van der Waals surface area contributed by atoms with Crippen molar-refractivity contribution in [3.05, 3.63) is 36.0 Å². The quantitative estimate of drug-likeness (QED) is 0.610. The molecule has 33 heavy (non-hydrogen) atoms. The summed E-state index contributed by atoms with van der Waals surface area (Å²) in [5.74, 6) is 0.360. The van der Waals surface area contributed by atoms with E-state index >= 15 is 0 Å². The summed E-state index contributed by atoms with van der Waals surface area (Å²) in [6.45, 7) is 4.93. The van der Waals surface area contributed by atoms with Crippen molar-refractivity contribution < 1.29 is 22.7 Å². The maximum atomic E-state index is 12.9. The third kappa shape index (κ3) is 4.86. The smallest absolute Gasteiger partial charge is 0.406 e. The molecule has 3 aromatic rings. The summed E-state index contributed by atoms with van der Waals surface area (Å²) in [5, 5.41) is 7.05. The Kier molecular flexibility index (Phi) is 5.87. The molecule has 0 aliphatic carbocycles. The largest absolute Gasteiger partial charge is 0.573 e. The fourth-order valence-corrected chi connectivity index (χ4v) is 3.83. The molecule has 1 aromatic carbocycles. The van der Waals surface area contributed by atoms with Gasteiger partial charge < -0.3 is 25.6 Å². The zero-order chi connectivity index (χ0) is 23.8. The minimum absolute atomic E-state index is 0.0464. The molecular formula is C20H23F3N8O2. The van der Waals surface area contributed by atoms with Crippen LogP contribution in [0.25, 0.3) is 5.65 Å². The van der Waals surface area contributed by atoms with Gasteiger partial charge in [-0.1, -0.05) is 6.92 Å². The number of ether oxygens (including phenoxy) is 1. The molecule has 4 rings (SSSR count). The molecular weight excluding hydrogens is 441 g/mol. The van der Waals surface area contributed by atoms with Gasteiger partial charge >= 0.3 is 12.4 Å². The zero-order valence-electron chi connectivity index (χ0n) is 18.0. The lowest BCUT2D eigenvalue weighted by Crippen LogP contribution is -2.56. The van der Waals surface area contributed by atoms with Gasteiger partial charge in [0.25, 0.3) is 0 Å². The normalized spacial score (nSPS) is 16.8. The van der Waals surface area contributed by atoms with Crippen LogP contribution in [0.1, 0.15) is 18.9 Å². The molecule has 13 heteroatoms. The second kappa shape index (κ2) is 8.64. The Hall–Kier alpha value is -3.77. The first-order valence-corrected chi connectivity index (χ1v) is 10.3. The van der Waals surface area contributed by atoms with Crippen molar-refractivity contribution in [2.45, 2.75) is 32.7 Å². The summed E-state index contributed by atoms with van der Waals surface area (Å²) in [6.07, 6.45) is -2.42. The van der Waals surface area contributed by atoms with E-state index in [1.54, 1.807) is 28.6 Å². The first kappa shape index (κ1) is 22.4. The number of hydrogen-bond donors (Lipinski definition) is 2. The number of amides is 2. The molecule has 3 N–H and O–H groups in total. The number of nitrogens with two attached hydrogens (primary N) is 1. The highest BCUT2D eigenvalue weighted by atomic mass is 19.4. The Balaban J connectivity index is 1.46. The molecule has 3 heterocycles. The predicted octanol–water partition coefficient (Wildman–Crippen LogP) is 3.05. The monoisotopic (exact) mass is 464 g/mol. The molecule has 0 radical (unpaired) electrons. The maximum absolute atomic E-state index is 12.9. The van der Waals surface area contributed by atoms with Crippen molar-refractivity contribution in [3.63, 3.8) is 0 Å².